The molecule has 0 radical (unpaired) electrons. The van der Waals surface area contributed by atoms with Crippen LogP contribution in [0.1, 0.15) is 55.3 Å². The molecule has 5 nitrogen and oxygen atoms in total. The van der Waals surface area contributed by atoms with Crippen molar-refractivity contribution in [1.82, 2.24) is 15.1 Å². The zero-order valence-electron chi connectivity index (χ0n) is 16.7. The Labute approximate surface area is 174 Å². The number of carbonyl (C=O) groups excluding carboxylic acids is 2. The van der Waals surface area contributed by atoms with Crippen LogP contribution in [0.3, 0.4) is 0 Å². The summed E-state index contributed by atoms with van der Waals surface area (Å²) in [7, 11) is 1.97. The summed E-state index contributed by atoms with van der Waals surface area (Å²) >= 11 is 0. The van der Waals surface area contributed by atoms with Crippen LogP contribution in [0.2, 0.25) is 0 Å². The SMILES string of the molecule is CNC1CCCN(C(=O)C2CC3CCCCC3N2C(=O)c2ccccc2)C1.Cl. The summed E-state index contributed by atoms with van der Waals surface area (Å²) in [6, 6.07) is 9.78. The fraction of sp³-hybridized carbons (Fsp3) is 0.636. The van der Waals surface area contributed by atoms with Crippen molar-refractivity contribution in [2.45, 2.75) is 63.1 Å². The van der Waals surface area contributed by atoms with Gasteiger partial charge in [-0.05, 0) is 57.2 Å². The topological polar surface area (TPSA) is 52.7 Å². The molecular formula is C22H32ClN3O2. The van der Waals surface area contributed by atoms with E-state index in [0.29, 0.717) is 17.5 Å². The first-order chi connectivity index (χ1) is 13.2. The number of likely N-dealkylation sites (tertiary alicyclic amines) is 2. The number of carbonyl (C=O) groups is 2. The van der Waals surface area contributed by atoms with E-state index in [9.17, 15) is 9.59 Å². The molecule has 6 heteroatoms. The molecule has 3 fully saturated rings. The second-order valence-corrected chi connectivity index (χ2v) is 8.35. The molecule has 0 aromatic heterocycles. The zero-order chi connectivity index (χ0) is 18.8. The number of nitrogens with zero attached hydrogens (tertiary/aromatic N) is 2. The molecule has 0 bridgehead atoms. The van der Waals surface area contributed by atoms with Crippen LogP contribution in [0.15, 0.2) is 30.3 Å². The van der Waals surface area contributed by atoms with Crippen molar-refractivity contribution >= 4 is 24.2 Å². The third-order valence-corrected chi connectivity index (χ3v) is 6.77. The molecule has 2 saturated heterocycles. The average Bonchev–Trinajstić information content (AvgIpc) is 3.13. The first-order valence-electron chi connectivity index (χ1n) is 10.5. The molecule has 4 rings (SSSR count). The minimum absolute atomic E-state index is 0. The van der Waals surface area contributed by atoms with E-state index in [0.717, 1.165) is 51.6 Å². The molecule has 1 aromatic carbocycles. The number of hydrogen-bond acceptors (Lipinski definition) is 3. The van der Waals surface area contributed by atoms with Crippen LogP contribution in [0.4, 0.5) is 0 Å². The third kappa shape index (κ3) is 4.06. The molecule has 154 valence electrons. The Bertz CT molecular complexity index is 684. The molecule has 28 heavy (non-hydrogen) atoms. The van der Waals surface area contributed by atoms with Crippen molar-refractivity contribution in [3.8, 4) is 0 Å². The highest BCUT2D eigenvalue weighted by Crippen LogP contribution is 2.41. The van der Waals surface area contributed by atoms with Crippen molar-refractivity contribution in [2.24, 2.45) is 5.92 Å². The summed E-state index contributed by atoms with van der Waals surface area (Å²) in [4.78, 5) is 30.8. The maximum absolute atomic E-state index is 13.5. The number of piperidine rings is 1. The van der Waals surface area contributed by atoms with E-state index in [1.165, 1.54) is 6.42 Å². The average molecular weight is 406 g/mol. The highest BCUT2D eigenvalue weighted by molar-refractivity contribution is 5.98. The van der Waals surface area contributed by atoms with Crippen molar-refractivity contribution in [3.05, 3.63) is 35.9 Å². The van der Waals surface area contributed by atoms with Gasteiger partial charge in [-0.2, -0.15) is 0 Å². The maximum atomic E-state index is 13.5. The Morgan fingerprint density at radius 3 is 2.54 bits per heavy atom. The predicted molar refractivity (Wildman–Crippen MR) is 113 cm³/mol. The van der Waals surface area contributed by atoms with Crippen molar-refractivity contribution < 1.29 is 9.59 Å². The van der Waals surface area contributed by atoms with Gasteiger partial charge in [-0.25, -0.2) is 0 Å². The molecule has 1 N–H and O–H groups in total. The van der Waals surface area contributed by atoms with E-state index in [4.69, 9.17) is 0 Å². The molecule has 0 spiro atoms. The number of benzene rings is 1. The van der Waals surface area contributed by atoms with Gasteiger partial charge in [-0.1, -0.05) is 31.0 Å². The molecular weight excluding hydrogens is 374 g/mol. The minimum atomic E-state index is -0.290. The van der Waals surface area contributed by atoms with Gasteiger partial charge in [0.05, 0.1) is 0 Å². The van der Waals surface area contributed by atoms with Crippen molar-refractivity contribution in [2.75, 3.05) is 20.1 Å². The van der Waals surface area contributed by atoms with Gasteiger partial charge < -0.3 is 15.1 Å². The van der Waals surface area contributed by atoms with Gasteiger partial charge in [0.1, 0.15) is 6.04 Å². The fourth-order valence-electron chi connectivity index (χ4n) is 5.33. The Morgan fingerprint density at radius 2 is 1.79 bits per heavy atom. The van der Waals surface area contributed by atoms with Crippen LogP contribution < -0.4 is 5.32 Å². The summed E-state index contributed by atoms with van der Waals surface area (Å²) in [5, 5.41) is 3.31. The Hall–Kier alpha value is -1.59. The van der Waals surface area contributed by atoms with E-state index in [1.807, 2.05) is 47.2 Å². The molecule has 3 aliphatic rings. The van der Waals surface area contributed by atoms with Crippen LogP contribution >= 0.6 is 12.4 Å². The summed E-state index contributed by atoms with van der Waals surface area (Å²) in [6.07, 6.45) is 7.54. The summed E-state index contributed by atoms with van der Waals surface area (Å²) in [6.45, 7) is 1.57. The normalized spacial score (nSPS) is 29.8. The number of nitrogens with one attached hydrogen (secondary N) is 1. The number of rotatable bonds is 3. The lowest BCUT2D eigenvalue weighted by Crippen LogP contribution is -2.54. The van der Waals surface area contributed by atoms with Crippen molar-refractivity contribution in [1.29, 1.82) is 0 Å². The molecule has 1 aliphatic carbocycles. The smallest absolute Gasteiger partial charge is 0.254 e. The second-order valence-electron chi connectivity index (χ2n) is 8.35. The Balaban J connectivity index is 0.00000225. The molecule has 2 amide bonds. The number of halogens is 1. The zero-order valence-corrected chi connectivity index (χ0v) is 17.5. The Morgan fingerprint density at radius 1 is 1.04 bits per heavy atom. The van der Waals surface area contributed by atoms with E-state index in [2.05, 4.69) is 5.32 Å². The Kier molecular flexibility index (Phi) is 7.00. The van der Waals surface area contributed by atoms with Crippen LogP contribution in [-0.4, -0.2) is 59.9 Å². The molecule has 4 unspecified atom stereocenters. The quantitative estimate of drug-likeness (QED) is 0.840. The van der Waals surface area contributed by atoms with Crippen LogP contribution in [-0.2, 0) is 4.79 Å². The molecule has 2 heterocycles. The van der Waals surface area contributed by atoms with Gasteiger partial charge in [0, 0.05) is 30.7 Å². The lowest BCUT2D eigenvalue weighted by atomic mass is 9.84. The molecule has 1 saturated carbocycles. The van der Waals surface area contributed by atoms with Crippen LogP contribution in [0.25, 0.3) is 0 Å². The highest BCUT2D eigenvalue weighted by atomic mass is 35.5. The molecule has 1 aromatic rings. The van der Waals surface area contributed by atoms with Gasteiger partial charge in [0.15, 0.2) is 0 Å². The fourth-order valence-corrected chi connectivity index (χ4v) is 5.33. The van der Waals surface area contributed by atoms with E-state index >= 15 is 0 Å². The van der Waals surface area contributed by atoms with Gasteiger partial charge in [0.25, 0.3) is 5.91 Å². The monoisotopic (exact) mass is 405 g/mol. The van der Waals surface area contributed by atoms with Crippen LogP contribution in [0.5, 0.6) is 0 Å². The number of amides is 2. The lowest BCUT2D eigenvalue weighted by Gasteiger charge is -2.38. The summed E-state index contributed by atoms with van der Waals surface area (Å²) < 4.78 is 0. The number of likely N-dealkylation sites (N-methyl/N-ethyl adjacent to an activating group) is 1. The third-order valence-electron chi connectivity index (χ3n) is 6.77. The van der Waals surface area contributed by atoms with E-state index in [-0.39, 0.29) is 36.3 Å². The van der Waals surface area contributed by atoms with Gasteiger partial charge in [0.2, 0.25) is 5.91 Å². The highest BCUT2D eigenvalue weighted by Gasteiger charge is 2.48. The first-order valence-corrected chi connectivity index (χ1v) is 10.5. The summed E-state index contributed by atoms with van der Waals surface area (Å²) in [5.74, 6) is 0.671. The van der Waals surface area contributed by atoms with Crippen LogP contribution in [0, 0.1) is 5.92 Å². The molecule has 4 atom stereocenters. The van der Waals surface area contributed by atoms with E-state index < -0.39 is 0 Å². The summed E-state index contributed by atoms with van der Waals surface area (Å²) in [5.41, 5.74) is 0.702. The first kappa shape index (κ1) is 21.1. The second kappa shape index (κ2) is 9.27. The van der Waals surface area contributed by atoms with Gasteiger partial charge >= 0.3 is 0 Å². The largest absolute Gasteiger partial charge is 0.339 e. The molecule has 2 aliphatic heterocycles. The predicted octanol–water partition coefficient (Wildman–Crippen LogP) is 3.09. The minimum Gasteiger partial charge on any atom is -0.339 e. The maximum Gasteiger partial charge on any atom is 0.254 e. The standard InChI is InChI=1S/C22H31N3O2.ClH/c1-23-18-11-7-13-24(15-18)22(27)20-14-17-10-5-6-12-19(17)25(20)21(26)16-8-3-2-4-9-16;/h2-4,8-9,17-20,23H,5-7,10-15H2,1H3;1H. The number of hydrogen-bond donors (Lipinski definition) is 1. The number of fused-ring (bicyclic) bond motifs is 1. The van der Waals surface area contributed by atoms with E-state index in [1.54, 1.807) is 0 Å². The van der Waals surface area contributed by atoms with Gasteiger partial charge in [-0.3, -0.25) is 9.59 Å². The van der Waals surface area contributed by atoms with Gasteiger partial charge in [-0.15, -0.1) is 12.4 Å². The lowest BCUT2D eigenvalue weighted by molar-refractivity contribution is -0.137. The van der Waals surface area contributed by atoms with Crippen molar-refractivity contribution in [3.63, 3.8) is 0 Å².